The van der Waals surface area contributed by atoms with Crippen molar-refractivity contribution in [3.63, 3.8) is 0 Å². The van der Waals surface area contributed by atoms with Gasteiger partial charge in [0.05, 0.1) is 16.4 Å². The lowest BCUT2D eigenvalue weighted by Crippen LogP contribution is -2.37. The van der Waals surface area contributed by atoms with E-state index in [4.69, 9.17) is 17.4 Å². The van der Waals surface area contributed by atoms with Crippen molar-refractivity contribution >= 4 is 11.6 Å². The number of nitrogens with two attached hydrogens (primary N) is 1. The van der Waals surface area contributed by atoms with E-state index < -0.39 is 0 Å². The third kappa shape index (κ3) is 3.97. The molecule has 0 aliphatic carbocycles. The van der Waals surface area contributed by atoms with Gasteiger partial charge in [0.15, 0.2) is 0 Å². The fraction of sp³-hybridized carbons (Fsp3) is 0.769. The molecule has 0 spiro atoms. The number of aryl methyl sites for hydroxylation is 2. The van der Waals surface area contributed by atoms with Crippen molar-refractivity contribution in [2.24, 2.45) is 12.9 Å². The van der Waals surface area contributed by atoms with E-state index in [9.17, 15) is 0 Å². The van der Waals surface area contributed by atoms with Crippen molar-refractivity contribution in [2.75, 3.05) is 0 Å². The van der Waals surface area contributed by atoms with Crippen LogP contribution < -0.4 is 11.3 Å². The van der Waals surface area contributed by atoms with Crippen LogP contribution in [0.25, 0.3) is 0 Å². The highest BCUT2D eigenvalue weighted by Gasteiger charge is 2.17. The molecule has 1 aromatic heterocycles. The Hall–Kier alpha value is -0.580. The van der Waals surface area contributed by atoms with E-state index in [1.807, 2.05) is 11.7 Å². The second-order valence-electron chi connectivity index (χ2n) is 4.75. The highest BCUT2D eigenvalue weighted by Crippen LogP contribution is 2.22. The molecular weight excluding hydrogens is 248 g/mol. The number of hydrogen-bond donors (Lipinski definition) is 2. The van der Waals surface area contributed by atoms with Gasteiger partial charge >= 0.3 is 0 Å². The van der Waals surface area contributed by atoms with Gasteiger partial charge in [-0.2, -0.15) is 5.10 Å². The Morgan fingerprint density at radius 1 is 1.39 bits per heavy atom. The number of halogens is 1. The predicted molar refractivity (Wildman–Crippen MR) is 76.6 cm³/mol. The third-order valence-corrected chi connectivity index (χ3v) is 3.77. The Kier molecular flexibility index (Phi) is 6.68. The Balaban J connectivity index is 2.66. The van der Waals surface area contributed by atoms with Crippen LogP contribution in [0.2, 0.25) is 5.02 Å². The largest absolute Gasteiger partial charge is 0.271 e. The van der Waals surface area contributed by atoms with Crippen LogP contribution in [0.4, 0.5) is 0 Å². The summed E-state index contributed by atoms with van der Waals surface area (Å²) in [5, 5.41) is 5.23. The topological polar surface area (TPSA) is 55.9 Å². The minimum atomic E-state index is 0.272. The van der Waals surface area contributed by atoms with Gasteiger partial charge in [-0.25, -0.2) is 0 Å². The lowest BCUT2D eigenvalue weighted by atomic mass is 10.0. The summed E-state index contributed by atoms with van der Waals surface area (Å²) in [5.41, 5.74) is 4.94. The molecule has 1 rings (SSSR count). The number of unbranched alkanes of at least 4 members (excludes halogenated alkanes) is 2. The molecule has 18 heavy (non-hydrogen) atoms. The minimum absolute atomic E-state index is 0.272. The van der Waals surface area contributed by atoms with Gasteiger partial charge in [0.25, 0.3) is 0 Å². The maximum atomic E-state index is 6.34. The van der Waals surface area contributed by atoms with E-state index in [2.05, 4.69) is 24.4 Å². The van der Waals surface area contributed by atoms with Gasteiger partial charge < -0.3 is 0 Å². The quantitative estimate of drug-likeness (QED) is 0.434. The van der Waals surface area contributed by atoms with Gasteiger partial charge in [-0.3, -0.25) is 16.0 Å². The van der Waals surface area contributed by atoms with Crippen LogP contribution in [0.1, 0.15) is 50.9 Å². The first-order valence-electron chi connectivity index (χ1n) is 6.80. The number of hydrogen-bond acceptors (Lipinski definition) is 3. The van der Waals surface area contributed by atoms with Crippen molar-refractivity contribution in [3.8, 4) is 0 Å². The average molecular weight is 273 g/mol. The van der Waals surface area contributed by atoms with E-state index in [1.54, 1.807) is 0 Å². The van der Waals surface area contributed by atoms with Crippen LogP contribution in [-0.4, -0.2) is 15.8 Å². The molecule has 0 radical (unpaired) electrons. The van der Waals surface area contributed by atoms with E-state index in [1.165, 1.54) is 19.3 Å². The molecule has 1 unspecified atom stereocenters. The highest BCUT2D eigenvalue weighted by molar-refractivity contribution is 6.31. The maximum Gasteiger partial charge on any atom is 0.0850 e. The van der Waals surface area contributed by atoms with E-state index in [-0.39, 0.29) is 6.04 Å². The average Bonchev–Trinajstić information content (AvgIpc) is 2.64. The smallest absolute Gasteiger partial charge is 0.0850 e. The van der Waals surface area contributed by atoms with Gasteiger partial charge in [-0.05, 0) is 12.8 Å². The number of hydrazine groups is 1. The van der Waals surface area contributed by atoms with Crippen molar-refractivity contribution < 1.29 is 0 Å². The fourth-order valence-corrected chi connectivity index (χ4v) is 2.53. The molecule has 0 saturated heterocycles. The van der Waals surface area contributed by atoms with E-state index >= 15 is 0 Å². The number of aromatic nitrogens is 2. The molecule has 4 nitrogen and oxygen atoms in total. The molecule has 104 valence electrons. The monoisotopic (exact) mass is 272 g/mol. The van der Waals surface area contributed by atoms with Crippen LogP contribution in [0, 0.1) is 0 Å². The molecular formula is C13H25ClN4. The molecule has 0 saturated carbocycles. The molecule has 1 aromatic rings. The van der Waals surface area contributed by atoms with Gasteiger partial charge in [0, 0.05) is 19.5 Å². The normalized spacial score (nSPS) is 12.9. The first-order valence-corrected chi connectivity index (χ1v) is 7.18. The standard InChI is InChI=1S/C13H25ClN4/c1-4-6-7-8-10(16-15)9-12-13(14)11(5-2)17-18(12)3/h10,16H,4-9,15H2,1-3H3. The zero-order valence-corrected chi connectivity index (χ0v) is 12.4. The van der Waals surface area contributed by atoms with Crippen LogP contribution in [-0.2, 0) is 19.9 Å². The summed E-state index contributed by atoms with van der Waals surface area (Å²) in [6.07, 6.45) is 6.45. The molecule has 3 N–H and O–H groups in total. The van der Waals surface area contributed by atoms with Crippen LogP contribution in [0.15, 0.2) is 0 Å². The number of nitrogens with zero attached hydrogens (tertiary/aromatic N) is 2. The fourth-order valence-electron chi connectivity index (χ4n) is 2.16. The van der Waals surface area contributed by atoms with Gasteiger partial charge in [0.2, 0.25) is 0 Å². The molecule has 0 amide bonds. The first kappa shape index (κ1) is 15.5. The summed E-state index contributed by atoms with van der Waals surface area (Å²) in [4.78, 5) is 0. The SMILES string of the molecule is CCCCCC(Cc1c(Cl)c(CC)nn1C)NN. The molecule has 1 heterocycles. The van der Waals surface area contributed by atoms with Crippen molar-refractivity contribution in [2.45, 2.75) is 58.4 Å². The zero-order valence-electron chi connectivity index (χ0n) is 11.7. The van der Waals surface area contributed by atoms with Gasteiger partial charge in [-0.15, -0.1) is 0 Å². The molecule has 0 aliphatic rings. The molecule has 0 aromatic carbocycles. The second kappa shape index (κ2) is 7.77. The summed E-state index contributed by atoms with van der Waals surface area (Å²) in [7, 11) is 1.94. The lowest BCUT2D eigenvalue weighted by molar-refractivity contribution is 0.456. The Morgan fingerprint density at radius 2 is 2.11 bits per heavy atom. The van der Waals surface area contributed by atoms with Crippen molar-refractivity contribution in [1.29, 1.82) is 0 Å². The highest BCUT2D eigenvalue weighted by atomic mass is 35.5. The van der Waals surface area contributed by atoms with Crippen LogP contribution >= 0.6 is 11.6 Å². The Bertz CT molecular complexity index is 362. The molecule has 1 atom stereocenters. The minimum Gasteiger partial charge on any atom is -0.271 e. The molecule has 5 heteroatoms. The van der Waals surface area contributed by atoms with Gasteiger partial charge in [0.1, 0.15) is 0 Å². The second-order valence-corrected chi connectivity index (χ2v) is 5.13. The first-order chi connectivity index (χ1) is 8.63. The lowest BCUT2D eigenvalue weighted by Gasteiger charge is -2.16. The molecule has 0 aliphatic heterocycles. The summed E-state index contributed by atoms with van der Waals surface area (Å²) >= 11 is 6.34. The zero-order chi connectivity index (χ0) is 13.5. The molecule has 0 fully saturated rings. The summed E-state index contributed by atoms with van der Waals surface area (Å²) in [6.45, 7) is 4.27. The van der Waals surface area contributed by atoms with Crippen LogP contribution in [0.3, 0.4) is 0 Å². The Morgan fingerprint density at radius 3 is 2.61 bits per heavy atom. The molecule has 0 bridgehead atoms. The maximum absolute atomic E-state index is 6.34. The van der Waals surface area contributed by atoms with Crippen molar-refractivity contribution in [1.82, 2.24) is 15.2 Å². The summed E-state index contributed by atoms with van der Waals surface area (Å²) in [5.74, 6) is 5.62. The number of rotatable bonds is 8. The van der Waals surface area contributed by atoms with Crippen molar-refractivity contribution in [3.05, 3.63) is 16.4 Å². The number of nitrogens with one attached hydrogen (secondary N) is 1. The predicted octanol–water partition coefficient (Wildman–Crippen LogP) is 2.59. The Labute approximate surface area is 115 Å². The summed E-state index contributed by atoms with van der Waals surface area (Å²) < 4.78 is 1.88. The van der Waals surface area contributed by atoms with E-state index in [0.717, 1.165) is 35.7 Å². The summed E-state index contributed by atoms with van der Waals surface area (Å²) in [6, 6.07) is 0.272. The van der Waals surface area contributed by atoms with E-state index in [0.29, 0.717) is 0 Å². The van der Waals surface area contributed by atoms with Gasteiger partial charge in [-0.1, -0.05) is 44.7 Å². The third-order valence-electron chi connectivity index (χ3n) is 3.33. The van der Waals surface area contributed by atoms with Crippen LogP contribution in [0.5, 0.6) is 0 Å².